The van der Waals surface area contributed by atoms with Crippen molar-refractivity contribution in [2.45, 2.75) is 18.6 Å². The van der Waals surface area contributed by atoms with Gasteiger partial charge in [-0.1, -0.05) is 11.8 Å². The smallest absolute Gasteiger partial charge is 0.350 e. The minimum atomic E-state index is -0.472. The van der Waals surface area contributed by atoms with E-state index in [2.05, 4.69) is 20.5 Å². The Kier molecular flexibility index (Phi) is 6.20. The van der Waals surface area contributed by atoms with Crippen LogP contribution in [-0.4, -0.2) is 44.5 Å². The molecule has 3 aromatic rings. The molecule has 1 N–H and O–H groups in total. The third-order valence-electron chi connectivity index (χ3n) is 3.61. The second kappa shape index (κ2) is 8.78. The van der Waals surface area contributed by atoms with Gasteiger partial charge in [0, 0.05) is 24.5 Å². The van der Waals surface area contributed by atoms with Crippen molar-refractivity contribution in [3.05, 3.63) is 40.8 Å². The molecule has 140 valence electrons. The van der Waals surface area contributed by atoms with Gasteiger partial charge < -0.3 is 14.6 Å². The number of carbonyl (C=O) groups is 2. The predicted molar refractivity (Wildman–Crippen MR) is 104 cm³/mol. The molecule has 27 heavy (non-hydrogen) atoms. The van der Waals surface area contributed by atoms with E-state index in [1.807, 2.05) is 23.6 Å². The molecular formula is C17H17N5O3S2. The maximum absolute atomic E-state index is 12.3. The van der Waals surface area contributed by atoms with E-state index in [0.29, 0.717) is 22.3 Å². The molecule has 0 aromatic carbocycles. The fourth-order valence-corrected chi connectivity index (χ4v) is 3.94. The lowest BCUT2D eigenvalue weighted by molar-refractivity contribution is -0.113. The highest BCUT2D eigenvalue weighted by atomic mass is 32.2. The first-order valence-corrected chi connectivity index (χ1v) is 9.92. The number of aromatic nitrogens is 4. The van der Waals surface area contributed by atoms with Crippen LogP contribution in [0.25, 0.3) is 11.4 Å². The summed E-state index contributed by atoms with van der Waals surface area (Å²) in [6.45, 7) is 2.66. The highest BCUT2D eigenvalue weighted by Gasteiger charge is 2.17. The molecule has 0 saturated heterocycles. The lowest BCUT2D eigenvalue weighted by atomic mass is 10.2. The summed E-state index contributed by atoms with van der Waals surface area (Å²) >= 11 is 2.50. The van der Waals surface area contributed by atoms with Crippen LogP contribution in [0.1, 0.15) is 16.6 Å². The minimum Gasteiger partial charge on any atom is -0.465 e. The number of carbonyl (C=O) groups excluding carboxylic acids is 2. The summed E-state index contributed by atoms with van der Waals surface area (Å²) in [6.07, 6.45) is 3.40. The summed E-state index contributed by atoms with van der Waals surface area (Å²) in [6, 6.07) is 5.40. The molecule has 0 aliphatic carbocycles. The van der Waals surface area contributed by atoms with E-state index in [4.69, 9.17) is 4.74 Å². The number of hydrogen-bond acceptors (Lipinski definition) is 8. The Morgan fingerprint density at radius 3 is 2.74 bits per heavy atom. The van der Waals surface area contributed by atoms with Crippen molar-refractivity contribution in [1.29, 1.82) is 0 Å². The van der Waals surface area contributed by atoms with Crippen LogP contribution in [0.2, 0.25) is 0 Å². The second-order valence-electron chi connectivity index (χ2n) is 5.28. The zero-order valence-corrected chi connectivity index (χ0v) is 16.3. The van der Waals surface area contributed by atoms with E-state index in [0.717, 1.165) is 11.4 Å². The summed E-state index contributed by atoms with van der Waals surface area (Å²) in [7, 11) is 1.31. The largest absolute Gasteiger partial charge is 0.465 e. The summed E-state index contributed by atoms with van der Waals surface area (Å²) in [4.78, 5) is 28.3. The normalized spacial score (nSPS) is 10.6. The van der Waals surface area contributed by atoms with Crippen LogP contribution in [0.4, 0.5) is 5.69 Å². The van der Waals surface area contributed by atoms with Crippen LogP contribution in [0.3, 0.4) is 0 Å². The molecule has 10 heteroatoms. The second-order valence-corrected chi connectivity index (χ2v) is 7.14. The van der Waals surface area contributed by atoms with E-state index >= 15 is 0 Å². The van der Waals surface area contributed by atoms with Gasteiger partial charge in [-0.2, -0.15) is 0 Å². The lowest BCUT2D eigenvalue weighted by Gasteiger charge is -2.08. The van der Waals surface area contributed by atoms with Gasteiger partial charge >= 0.3 is 5.97 Å². The van der Waals surface area contributed by atoms with Gasteiger partial charge in [0.1, 0.15) is 4.88 Å². The van der Waals surface area contributed by atoms with Gasteiger partial charge in [0.15, 0.2) is 11.0 Å². The molecule has 0 unspecified atom stereocenters. The molecule has 0 atom stereocenters. The average molecular weight is 403 g/mol. The topological polar surface area (TPSA) is 99.0 Å². The number of amides is 1. The number of thiophene rings is 1. The van der Waals surface area contributed by atoms with Crippen molar-refractivity contribution >= 4 is 40.7 Å². The van der Waals surface area contributed by atoms with E-state index < -0.39 is 5.97 Å². The summed E-state index contributed by atoms with van der Waals surface area (Å²) in [5.41, 5.74) is 1.36. The van der Waals surface area contributed by atoms with E-state index in [1.165, 1.54) is 30.2 Å². The minimum absolute atomic E-state index is 0.144. The molecule has 0 saturated carbocycles. The van der Waals surface area contributed by atoms with Gasteiger partial charge in [0.25, 0.3) is 0 Å². The molecule has 0 fully saturated rings. The van der Waals surface area contributed by atoms with Crippen molar-refractivity contribution in [3.63, 3.8) is 0 Å². The van der Waals surface area contributed by atoms with Gasteiger partial charge in [-0.3, -0.25) is 9.78 Å². The highest BCUT2D eigenvalue weighted by Crippen LogP contribution is 2.25. The predicted octanol–water partition coefficient (Wildman–Crippen LogP) is 2.94. The molecule has 0 radical (unpaired) electrons. The number of anilines is 1. The molecule has 0 bridgehead atoms. The van der Waals surface area contributed by atoms with E-state index in [9.17, 15) is 9.59 Å². The maximum atomic E-state index is 12.3. The van der Waals surface area contributed by atoms with Crippen molar-refractivity contribution in [2.75, 3.05) is 18.2 Å². The van der Waals surface area contributed by atoms with Crippen LogP contribution < -0.4 is 5.32 Å². The van der Waals surface area contributed by atoms with Crippen molar-refractivity contribution in [2.24, 2.45) is 0 Å². The Balaban J connectivity index is 1.67. The first-order chi connectivity index (χ1) is 13.1. The summed E-state index contributed by atoms with van der Waals surface area (Å²) in [5.74, 6) is 0.166. The number of nitrogens with zero attached hydrogens (tertiary/aromatic N) is 4. The zero-order valence-electron chi connectivity index (χ0n) is 14.7. The molecule has 3 heterocycles. The average Bonchev–Trinajstić information content (AvgIpc) is 3.32. The molecular weight excluding hydrogens is 386 g/mol. The van der Waals surface area contributed by atoms with E-state index in [1.54, 1.807) is 23.8 Å². The van der Waals surface area contributed by atoms with Crippen LogP contribution >= 0.6 is 23.1 Å². The Morgan fingerprint density at radius 2 is 2.04 bits per heavy atom. The molecule has 1 amide bonds. The fourth-order valence-electron chi connectivity index (χ4n) is 2.37. The SMILES string of the molecule is CCn1c(SCC(=O)Nc2ccsc2C(=O)OC)nnc1-c1ccncc1. The van der Waals surface area contributed by atoms with Gasteiger partial charge in [0.05, 0.1) is 18.6 Å². The van der Waals surface area contributed by atoms with Gasteiger partial charge in [-0.05, 0) is 30.5 Å². The number of esters is 1. The number of pyridine rings is 1. The lowest BCUT2D eigenvalue weighted by Crippen LogP contribution is -2.16. The molecule has 3 aromatic heterocycles. The van der Waals surface area contributed by atoms with Crippen molar-refractivity contribution in [1.82, 2.24) is 19.7 Å². The molecule has 0 aliphatic heterocycles. The summed E-state index contributed by atoms with van der Waals surface area (Å²) < 4.78 is 6.65. The van der Waals surface area contributed by atoms with Gasteiger partial charge in [-0.15, -0.1) is 21.5 Å². The van der Waals surface area contributed by atoms with Gasteiger partial charge in [-0.25, -0.2) is 4.79 Å². The van der Waals surface area contributed by atoms with Crippen LogP contribution in [0.15, 0.2) is 41.1 Å². The van der Waals surface area contributed by atoms with E-state index in [-0.39, 0.29) is 11.7 Å². The monoisotopic (exact) mass is 403 g/mol. The van der Waals surface area contributed by atoms with Gasteiger partial charge in [0.2, 0.25) is 5.91 Å². The first-order valence-electron chi connectivity index (χ1n) is 8.06. The van der Waals surface area contributed by atoms with Crippen LogP contribution in [-0.2, 0) is 16.1 Å². The molecule has 8 nitrogen and oxygen atoms in total. The molecule has 0 spiro atoms. The summed E-state index contributed by atoms with van der Waals surface area (Å²) in [5, 5.41) is 13.5. The Labute approximate surface area is 164 Å². The Bertz CT molecular complexity index is 939. The maximum Gasteiger partial charge on any atom is 0.350 e. The number of nitrogens with one attached hydrogen (secondary N) is 1. The first kappa shape index (κ1) is 19.1. The number of rotatable bonds is 7. The molecule has 0 aliphatic rings. The third-order valence-corrected chi connectivity index (χ3v) is 5.48. The van der Waals surface area contributed by atoms with Crippen LogP contribution in [0, 0.1) is 0 Å². The third kappa shape index (κ3) is 4.34. The Hall–Kier alpha value is -2.72. The standard InChI is InChI=1S/C17H17N5O3S2/c1-3-22-15(11-4-7-18-8-5-11)20-21-17(22)27-10-13(23)19-12-6-9-26-14(12)16(24)25-2/h4-9H,3,10H2,1-2H3,(H,19,23). The quantitative estimate of drug-likeness (QED) is 0.478. The van der Waals surface area contributed by atoms with Crippen molar-refractivity contribution in [3.8, 4) is 11.4 Å². The number of hydrogen-bond donors (Lipinski definition) is 1. The molecule has 3 rings (SSSR count). The number of ether oxygens (including phenoxy) is 1. The number of thioether (sulfide) groups is 1. The van der Waals surface area contributed by atoms with Crippen LogP contribution in [0.5, 0.6) is 0 Å². The zero-order chi connectivity index (χ0) is 19.2. The van der Waals surface area contributed by atoms with Crippen molar-refractivity contribution < 1.29 is 14.3 Å². The highest BCUT2D eigenvalue weighted by molar-refractivity contribution is 7.99. The Morgan fingerprint density at radius 1 is 1.26 bits per heavy atom. The fraction of sp³-hybridized carbons (Fsp3) is 0.235. The number of methoxy groups -OCH3 is 1.